The van der Waals surface area contributed by atoms with Crippen LogP contribution in [0.1, 0.15) is 11.1 Å². The maximum absolute atomic E-state index is 9.75. The summed E-state index contributed by atoms with van der Waals surface area (Å²) in [4.78, 5) is 0. The van der Waals surface area contributed by atoms with Gasteiger partial charge in [-0.15, -0.1) is 0 Å². The number of rotatable bonds is 5. The van der Waals surface area contributed by atoms with Gasteiger partial charge >= 0.3 is 0 Å². The molecule has 26 heavy (non-hydrogen) atoms. The Morgan fingerprint density at radius 2 is 1.54 bits per heavy atom. The highest BCUT2D eigenvalue weighted by molar-refractivity contribution is 5.69. The molecule has 132 valence electrons. The normalized spacial score (nSPS) is 12.7. The lowest BCUT2D eigenvalue weighted by Gasteiger charge is -2.19. The van der Waals surface area contributed by atoms with E-state index in [1.165, 1.54) is 0 Å². The van der Waals surface area contributed by atoms with E-state index in [9.17, 15) is 5.11 Å². The van der Waals surface area contributed by atoms with Crippen molar-refractivity contribution in [2.45, 2.75) is 13.2 Å². The maximum atomic E-state index is 9.75. The minimum atomic E-state index is -0.0808. The third kappa shape index (κ3) is 3.51. The molecule has 0 spiro atoms. The first-order valence-electron chi connectivity index (χ1n) is 8.64. The highest BCUT2D eigenvalue weighted by Crippen LogP contribution is 2.35. The second kappa shape index (κ2) is 7.50. The average Bonchev–Trinajstić information content (AvgIpc) is 2.72. The summed E-state index contributed by atoms with van der Waals surface area (Å²) < 4.78 is 17.1. The number of aliphatic hydroxyl groups excluding tert-OH is 1. The summed E-state index contributed by atoms with van der Waals surface area (Å²) in [5.74, 6) is 2.21. The van der Waals surface area contributed by atoms with Crippen molar-refractivity contribution in [3.05, 3.63) is 77.9 Å². The molecule has 4 nitrogen and oxygen atoms in total. The zero-order valence-corrected chi connectivity index (χ0v) is 14.4. The summed E-state index contributed by atoms with van der Waals surface area (Å²) in [7, 11) is 0. The van der Waals surface area contributed by atoms with E-state index in [-0.39, 0.29) is 6.61 Å². The zero-order valence-electron chi connectivity index (χ0n) is 14.4. The van der Waals surface area contributed by atoms with Crippen molar-refractivity contribution in [2.75, 3.05) is 13.2 Å². The van der Waals surface area contributed by atoms with Crippen LogP contribution >= 0.6 is 0 Å². The maximum Gasteiger partial charge on any atom is 0.161 e. The summed E-state index contributed by atoms with van der Waals surface area (Å²) >= 11 is 0. The standard InChI is InChI=1S/C22H20O4/c23-14-19-12-17(18-7-9-21-22(13-18)25-11-10-24-21)6-8-20(19)26-15-16-4-2-1-3-5-16/h1-9,12-13,23H,10-11,14-15H2. The molecule has 4 heteroatoms. The molecule has 0 fully saturated rings. The van der Waals surface area contributed by atoms with Crippen LogP contribution in [0.25, 0.3) is 11.1 Å². The van der Waals surface area contributed by atoms with Crippen LogP contribution < -0.4 is 14.2 Å². The van der Waals surface area contributed by atoms with Gasteiger partial charge in [0.1, 0.15) is 25.6 Å². The third-order valence-corrected chi connectivity index (χ3v) is 4.34. The van der Waals surface area contributed by atoms with Crippen LogP contribution in [0.4, 0.5) is 0 Å². The lowest BCUT2D eigenvalue weighted by Crippen LogP contribution is -2.15. The number of benzene rings is 3. The molecule has 4 rings (SSSR count). The van der Waals surface area contributed by atoms with Gasteiger partial charge < -0.3 is 19.3 Å². The van der Waals surface area contributed by atoms with Crippen molar-refractivity contribution in [1.29, 1.82) is 0 Å². The summed E-state index contributed by atoms with van der Waals surface area (Å²) in [5.41, 5.74) is 3.86. The van der Waals surface area contributed by atoms with Gasteiger partial charge in [0.15, 0.2) is 11.5 Å². The third-order valence-electron chi connectivity index (χ3n) is 4.34. The van der Waals surface area contributed by atoms with Crippen molar-refractivity contribution in [1.82, 2.24) is 0 Å². The molecular weight excluding hydrogens is 328 g/mol. The van der Waals surface area contributed by atoms with Gasteiger partial charge in [-0.1, -0.05) is 42.5 Å². The highest BCUT2D eigenvalue weighted by Gasteiger charge is 2.13. The molecule has 0 aromatic heterocycles. The van der Waals surface area contributed by atoms with Gasteiger partial charge in [-0.05, 0) is 41.0 Å². The van der Waals surface area contributed by atoms with Gasteiger partial charge in [-0.25, -0.2) is 0 Å². The summed E-state index contributed by atoms with van der Waals surface area (Å²) in [6.45, 7) is 1.53. The Morgan fingerprint density at radius 3 is 2.35 bits per heavy atom. The second-order valence-electron chi connectivity index (χ2n) is 6.11. The molecule has 3 aromatic carbocycles. The monoisotopic (exact) mass is 348 g/mol. The van der Waals surface area contributed by atoms with Crippen molar-refractivity contribution < 1.29 is 19.3 Å². The van der Waals surface area contributed by atoms with Crippen LogP contribution in [-0.2, 0) is 13.2 Å². The van der Waals surface area contributed by atoms with Gasteiger partial charge in [-0.3, -0.25) is 0 Å². The molecule has 0 amide bonds. The molecule has 0 unspecified atom stereocenters. The first-order chi connectivity index (χ1) is 12.8. The van der Waals surface area contributed by atoms with Crippen molar-refractivity contribution in [2.24, 2.45) is 0 Å². The summed E-state index contributed by atoms with van der Waals surface area (Å²) in [5, 5.41) is 9.75. The molecule has 1 heterocycles. The SMILES string of the molecule is OCc1cc(-c2ccc3c(c2)OCCO3)ccc1OCc1ccccc1. The van der Waals surface area contributed by atoms with Gasteiger partial charge in [0.05, 0.1) is 6.61 Å². The smallest absolute Gasteiger partial charge is 0.161 e. The topological polar surface area (TPSA) is 47.9 Å². The molecule has 0 radical (unpaired) electrons. The minimum Gasteiger partial charge on any atom is -0.489 e. The number of aliphatic hydroxyl groups is 1. The van der Waals surface area contributed by atoms with Gasteiger partial charge in [-0.2, -0.15) is 0 Å². The summed E-state index contributed by atoms with van der Waals surface area (Å²) in [6.07, 6.45) is 0. The first-order valence-corrected chi connectivity index (χ1v) is 8.64. The molecular formula is C22H20O4. The van der Waals surface area contributed by atoms with E-state index in [1.807, 2.05) is 66.7 Å². The Balaban J connectivity index is 1.57. The predicted octanol–water partition coefficient (Wildman–Crippen LogP) is 4.20. The lowest BCUT2D eigenvalue weighted by atomic mass is 10.0. The van der Waals surface area contributed by atoms with Gasteiger partial charge in [0.2, 0.25) is 0 Å². The van der Waals surface area contributed by atoms with E-state index in [0.29, 0.717) is 25.6 Å². The highest BCUT2D eigenvalue weighted by atomic mass is 16.6. The Morgan fingerprint density at radius 1 is 0.808 bits per heavy atom. The molecule has 0 saturated carbocycles. The summed E-state index contributed by atoms with van der Waals surface area (Å²) in [6, 6.07) is 21.7. The second-order valence-corrected chi connectivity index (χ2v) is 6.11. The van der Waals surface area contributed by atoms with Gasteiger partial charge in [0.25, 0.3) is 0 Å². The van der Waals surface area contributed by atoms with E-state index in [2.05, 4.69) is 0 Å². The molecule has 0 saturated heterocycles. The largest absolute Gasteiger partial charge is 0.489 e. The van der Waals surface area contributed by atoms with Crippen molar-refractivity contribution in [3.8, 4) is 28.4 Å². The average molecular weight is 348 g/mol. The van der Waals surface area contributed by atoms with Crippen LogP contribution in [-0.4, -0.2) is 18.3 Å². The van der Waals surface area contributed by atoms with Crippen LogP contribution in [0.15, 0.2) is 66.7 Å². The molecule has 1 aliphatic heterocycles. The van der Waals surface area contributed by atoms with E-state index >= 15 is 0 Å². The molecule has 1 aliphatic rings. The Kier molecular flexibility index (Phi) is 4.75. The number of ether oxygens (including phenoxy) is 3. The molecule has 3 aromatic rings. The Labute approximate surface area is 152 Å². The molecule has 0 bridgehead atoms. The lowest BCUT2D eigenvalue weighted by molar-refractivity contribution is 0.171. The van der Waals surface area contributed by atoms with Crippen LogP contribution in [0.5, 0.6) is 17.2 Å². The Bertz CT molecular complexity index is 890. The predicted molar refractivity (Wildman–Crippen MR) is 99.6 cm³/mol. The minimum absolute atomic E-state index is 0.0808. The first kappa shape index (κ1) is 16.5. The van der Waals surface area contributed by atoms with Crippen molar-refractivity contribution >= 4 is 0 Å². The van der Waals surface area contributed by atoms with Crippen LogP contribution in [0.3, 0.4) is 0 Å². The number of fused-ring (bicyclic) bond motifs is 1. The van der Waals surface area contributed by atoms with E-state index in [0.717, 1.165) is 33.8 Å². The van der Waals surface area contributed by atoms with Gasteiger partial charge in [0, 0.05) is 5.56 Å². The molecule has 0 aliphatic carbocycles. The number of hydrogen-bond acceptors (Lipinski definition) is 4. The fourth-order valence-corrected chi connectivity index (χ4v) is 2.98. The Hall–Kier alpha value is -2.98. The van der Waals surface area contributed by atoms with E-state index in [4.69, 9.17) is 14.2 Å². The van der Waals surface area contributed by atoms with Crippen LogP contribution in [0.2, 0.25) is 0 Å². The number of hydrogen-bond donors (Lipinski definition) is 1. The molecule has 0 atom stereocenters. The van der Waals surface area contributed by atoms with E-state index < -0.39 is 0 Å². The molecule has 1 N–H and O–H groups in total. The zero-order chi connectivity index (χ0) is 17.8. The fourth-order valence-electron chi connectivity index (χ4n) is 2.98. The van der Waals surface area contributed by atoms with E-state index in [1.54, 1.807) is 0 Å². The quantitative estimate of drug-likeness (QED) is 0.751. The fraction of sp³-hybridized carbons (Fsp3) is 0.182. The van der Waals surface area contributed by atoms with Crippen molar-refractivity contribution in [3.63, 3.8) is 0 Å². The van der Waals surface area contributed by atoms with Crippen LogP contribution in [0, 0.1) is 0 Å².